The number of nitrogens with zero attached hydrogens (tertiary/aromatic N) is 4. The smallest absolute Gasteiger partial charge is 0.416 e. The summed E-state index contributed by atoms with van der Waals surface area (Å²) in [4.78, 5) is 12.3. The number of amides is 1. The molecule has 1 aliphatic rings. The Bertz CT molecular complexity index is 1200. The minimum Gasteiger partial charge on any atom is -0.419 e. The number of rotatable bonds is 5. The van der Waals surface area contributed by atoms with Gasteiger partial charge in [-0.05, 0) is 30.7 Å². The van der Waals surface area contributed by atoms with Crippen LogP contribution < -0.4 is 10.6 Å². The highest BCUT2D eigenvalue weighted by Gasteiger charge is 2.46. The maximum Gasteiger partial charge on any atom is 0.416 e. The number of hydrogen-bond acceptors (Lipinski definition) is 6. The first-order valence-corrected chi connectivity index (χ1v) is 8.75. The SMILES string of the molecule is [2H]C([2H])([2H])n1cc(-c2nnc([C@]3(C=C)CCNC3=O)o2)c(Nc2ccc(C(F)(F)F)cc2)n1. The first kappa shape index (κ1) is 16.2. The Morgan fingerprint density at radius 1 is 1.37 bits per heavy atom. The lowest BCUT2D eigenvalue weighted by atomic mass is 9.86. The van der Waals surface area contributed by atoms with Crippen LogP contribution >= 0.6 is 0 Å². The van der Waals surface area contributed by atoms with Crippen LogP contribution in [0.3, 0.4) is 0 Å². The highest BCUT2D eigenvalue weighted by atomic mass is 19.4. The van der Waals surface area contributed by atoms with Crippen molar-refractivity contribution in [3.8, 4) is 11.5 Å². The highest BCUT2D eigenvalue weighted by molar-refractivity contribution is 5.91. The third-order valence-corrected chi connectivity index (χ3v) is 4.78. The summed E-state index contributed by atoms with van der Waals surface area (Å²) in [5, 5.41) is 17.3. The maximum atomic E-state index is 12.8. The maximum absolute atomic E-state index is 12.8. The average molecular weight is 421 g/mol. The van der Waals surface area contributed by atoms with Gasteiger partial charge in [0.25, 0.3) is 5.89 Å². The van der Waals surface area contributed by atoms with Gasteiger partial charge >= 0.3 is 6.18 Å². The molecule has 0 aliphatic carbocycles. The van der Waals surface area contributed by atoms with Gasteiger partial charge in [0.05, 0.1) is 5.56 Å². The monoisotopic (exact) mass is 421 g/mol. The van der Waals surface area contributed by atoms with Gasteiger partial charge in [0.2, 0.25) is 11.8 Å². The summed E-state index contributed by atoms with van der Waals surface area (Å²) in [5.41, 5.74) is -1.75. The van der Waals surface area contributed by atoms with Crippen molar-refractivity contribution in [3.05, 3.63) is 54.6 Å². The molecule has 0 radical (unpaired) electrons. The number of aryl methyl sites for hydroxylation is 1. The van der Waals surface area contributed by atoms with Crippen LogP contribution in [0.25, 0.3) is 11.5 Å². The normalized spacial score (nSPS) is 20.9. The topological polar surface area (TPSA) is 97.9 Å². The van der Waals surface area contributed by atoms with Gasteiger partial charge in [-0.2, -0.15) is 18.3 Å². The van der Waals surface area contributed by atoms with Crippen molar-refractivity contribution in [2.45, 2.75) is 18.0 Å². The Balaban J connectivity index is 1.72. The molecule has 4 rings (SSSR count). The van der Waals surface area contributed by atoms with Crippen molar-refractivity contribution in [2.75, 3.05) is 11.9 Å². The summed E-state index contributed by atoms with van der Waals surface area (Å²) in [7, 11) is 0. The third-order valence-electron chi connectivity index (χ3n) is 4.78. The van der Waals surface area contributed by atoms with Crippen LogP contribution in [0, 0.1) is 0 Å². The predicted octanol–water partition coefficient (Wildman–Crippen LogP) is 3.18. The molecule has 3 heterocycles. The lowest BCUT2D eigenvalue weighted by Crippen LogP contribution is -2.33. The number of alkyl halides is 3. The van der Waals surface area contributed by atoms with Crippen LogP contribution in [0.4, 0.5) is 24.7 Å². The second-order valence-corrected chi connectivity index (χ2v) is 6.63. The summed E-state index contributed by atoms with van der Waals surface area (Å²) in [6.07, 6.45) is -1.60. The van der Waals surface area contributed by atoms with Crippen molar-refractivity contribution >= 4 is 17.4 Å². The molecule has 1 aliphatic heterocycles. The van der Waals surface area contributed by atoms with E-state index in [1.807, 2.05) is 0 Å². The minimum atomic E-state index is -4.50. The van der Waals surface area contributed by atoms with Crippen LogP contribution in [0.5, 0.6) is 0 Å². The fourth-order valence-corrected chi connectivity index (χ4v) is 3.14. The van der Waals surface area contributed by atoms with Crippen molar-refractivity contribution in [3.63, 3.8) is 0 Å². The highest BCUT2D eigenvalue weighted by Crippen LogP contribution is 2.36. The molecule has 1 amide bonds. The van der Waals surface area contributed by atoms with E-state index in [9.17, 15) is 18.0 Å². The average Bonchev–Trinajstić information content (AvgIpc) is 3.45. The molecule has 0 saturated carbocycles. The van der Waals surface area contributed by atoms with Gasteiger partial charge in [-0.25, -0.2) is 0 Å². The van der Waals surface area contributed by atoms with E-state index >= 15 is 0 Å². The molecule has 2 aromatic heterocycles. The lowest BCUT2D eigenvalue weighted by Gasteiger charge is -2.15. The van der Waals surface area contributed by atoms with E-state index in [2.05, 4.69) is 32.5 Å². The Labute approximate surface area is 173 Å². The molecular formula is C19H17F3N6O2. The van der Waals surface area contributed by atoms with Gasteiger partial charge in [0.15, 0.2) is 5.82 Å². The van der Waals surface area contributed by atoms with Gasteiger partial charge < -0.3 is 15.1 Å². The summed E-state index contributed by atoms with van der Waals surface area (Å²) >= 11 is 0. The second-order valence-electron chi connectivity index (χ2n) is 6.63. The largest absolute Gasteiger partial charge is 0.419 e. The van der Waals surface area contributed by atoms with Crippen LogP contribution in [-0.2, 0) is 23.4 Å². The van der Waals surface area contributed by atoms with Crippen LogP contribution in [0.15, 0.2) is 47.5 Å². The van der Waals surface area contributed by atoms with E-state index in [1.165, 1.54) is 18.2 Å². The molecule has 1 aromatic carbocycles. The number of nitrogens with one attached hydrogen (secondary N) is 2. The first-order valence-electron chi connectivity index (χ1n) is 10.2. The number of benzene rings is 1. The van der Waals surface area contributed by atoms with E-state index in [0.29, 0.717) is 17.6 Å². The molecule has 8 nitrogen and oxygen atoms in total. The zero-order valence-electron chi connectivity index (χ0n) is 18.3. The van der Waals surface area contributed by atoms with E-state index < -0.39 is 24.1 Å². The molecule has 1 saturated heterocycles. The molecule has 11 heteroatoms. The van der Waals surface area contributed by atoms with Crippen molar-refractivity contribution in [1.29, 1.82) is 0 Å². The van der Waals surface area contributed by atoms with Crippen molar-refractivity contribution in [1.82, 2.24) is 25.3 Å². The molecule has 0 bridgehead atoms. The summed E-state index contributed by atoms with van der Waals surface area (Å²) in [5.74, 6) is -0.543. The number of hydrogen-bond donors (Lipinski definition) is 2. The summed E-state index contributed by atoms with van der Waals surface area (Å²) < 4.78 is 67.7. The molecule has 1 fully saturated rings. The van der Waals surface area contributed by atoms with Crippen LogP contribution in [0.2, 0.25) is 0 Å². The number of halogens is 3. The molecule has 3 aromatic rings. The molecule has 2 N–H and O–H groups in total. The van der Waals surface area contributed by atoms with Gasteiger partial charge in [-0.1, -0.05) is 6.08 Å². The molecular weight excluding hydrogens is 401 g/mol. The van der Waals surface area contributed by atoms with Crippen LogP contribution in [0.1, 0.15) is 22.0 Å². The van der Waals surface area contributed by atoms with Gasteiger partial charge in [-0.15, -0.1) is 16.8 Å². The van der Waals surface area contributed by atoms with Crippen LogP contribution in [-0.4, -0.2) is 32.4 Å². The summed E-state index contributed by atoms with van der Waals surface area (Å²) in [6.45, 7) is 1.43. The fourth-order valence-electron chi connectivity index (χ4n) is 3.14. The molecule has 0 spiro atoms. The van der Waals surface area contributed by atoms with Gasteiger partial charge in [0.1, 0.15) is 11.0 Å². The number of anilines is 2. The Morgan fingerprint density at radius 3 is 2.73 bits per heavy atom. The van der Waals surface area contributed by atoms with E-state index in [0.717, 1.165) is 18.3 Å². The Kier molecular flexibility index (Phi) is 3.78. The zero-order chi connectivity index (χ0) is 24.0. The van der Waals surface area contributed by atoms with E-state index in [4.69, 9.17) is 8.53 Å². The molecule has 30 heavy (non-hydrogen) atoms. The van der Waals surface area contributed by atoms with Crippen molar-refractivity contribution < 1.29 is 26.5 Å². The Hall–Kier alpha value is -3.63. The third kappa shape index (κ3) is 3.31. The molecule has 156 valence electrons. The Morgan fingerprint density at radius 2 is 2.13 bits per heavy atom. The second kappa shape index (κ2) is 7.01. The lowest BCUT2D eigenvalue weighted by molar-refractivity contribution is -0.137. The summed E-state index contributed by atoms with van der Waals surface area (Å²) in [6, 6.07) is 4.10. The first-order chi connectivity index (χ1) is 15.4. The number of carbonyl (C=O) groups excluding carboxylic acids is 1. The molecule has 1 atom stereocenters. The van der Waals surface area contributed by atoms with Gasteiger partial charge in [-0.3, -0.25) is 9.48 Å². The quantitative estimate of drug-likeness (QED) is 0.614. The van der Waals surface area contributed by atoms with Gasteiger partial charge in [0, 0.05) is 29.5 Å². The molecule has 0 unspecified atom stereocenters. The zero-order valence-corrected chi connectivity index (χ0v) is 15.3. The van der Waals surface area contributed by atoms with E-state index in [1.54, 1.807) is 0 Å². The minimum absolute atomic E-state index is 0.0235. The number of carbonyl (C=O) groups is 1. The standard InChI is InChI=1S/C19H17F3N6O2/c1-3-18(8-9-23-16(18)29)17-26-25-15(30-17)13-10-28(2)27-14(13)24-12-6-4-11(5-7-12)19(20,21)22/h3-7,10H,1,8-9H2,2H3,(H,23,29)(H,24,27)/t18-/m1/s1/i2D3. The number of aromatic nitrogens is 4. The van der Waals surface area contributed by atoms with E-state index in [-0.39, 0.29) is 34.8 Å². The predicted molar refractivity (Wildman–Crippen MR) is 101 cm³/mol. The van der Waals surface area contributed by atoms with Crippen molar-refractivity contribution in [2.24, 2.45) is 6.98 Å². The fraction of sp³-hybridized carbons (Fsp3) is 0.263.